The number of morpholine rings is 1. The molecule has 0 spiro atoms. The topological polar surface area (TPSA) is 52.0 Å². The molecule has 1 heterocycles. The van der Waals surface area contributed by atoms with Gasteiger partial charge in [0.2, 0.25) is 0 Å². The minimum atomic E-state index is -0.0289. The number of quaternary nitrogens is 1. The van der Waals surface area contributed by atoms with Crippen LogP contribution in [0.15, 0.2) is 24.3 Å². The van der Waals surface area contributed by atoms with Gasteiger partial charge in [-0.25, -0.2) is 0 Å². The first-order valence-electron chi connectivity index (χ1n) is 7.61. The third kappa shape index (κ3) is 5.36. The van der Waals surface area contributed by atoms with Crippen LogP contribution in [0.5, 0.6) is 5.75 Å². The van der Waals surface area contributed by atoms with Gasteiger partial charge >= 0.3 is 0 Å². The molecule has 0 bridgehead atoms. The lowest BCUT2D eigenvalue weighted by Gasteiger charge is -2.23. The molecule has 5 heteroatoms. The average molecular weight is 293 g/mol. The van der Waals surface area contributed by atoms with Crippen LogP contribution in [-0.4, -0.2) is 51.4 Å². The van der Waals surface area contributed by atoms with Crippen LogP contribution in [-0.2, 0) is 4.74 Å². The van der Waals surface area contributed by atoms with Gasteiger partial charge in [-0.2, -0.15) is 0 Å². The van der Waals surface area contributed by atoms with E-state index in [4.69, 9.17) is 9.47 Å². The molecule has 1 aliphatic heterocycles. The largest absolute Gasteiger partial charge is 0.491 e. The minimum Gasteiger partial charge on any atom is -0.491 e. The van der Waals surface area contributed by atoms with E-state index in [1.54, 1.807) is 12.1 Å². The highest BCUT2D eigenvalue weighted by Crippen LogP contribution is 2.13. The average Bonchev–Trinajstić information content (AvgIpc) is 2.48. The van der Waals surface area contributed by atoms with Gasteiger partial charge in [0.15, 0.2) is 0 Å². The molecule has 0 saturated carbocycles. The molecular weight excluding hydrogens is 268 g/mol. The maximum Gasteiger partial charge on any atom is 0.251 e. The maximum atomic E-state index is 12.0. The zero-order valence-corrected chi connectivity index (χ0v) is 12.9. The molecule has 2 rings (SSSR count). The summed E-state index contributed by atoms with van der Waals surface area (Å²) in [7, 11) is 0. The fourth-order valence-corrected chi connectivity index (χ4v) is 2.32. The van der Waals surface area contributed by atoms with Gasteiger partial charge in [0.1, 0.15) is 18.8 Å². The smallest absolute Gasteiger partial charge is 0.251 e. The molecular formula is C16H25N2O3+. The van der Waals surface area contributed by atoms with Crippen LogP contribution in [0.3, 0.4) is 0 Å². The second kappa shape index (κ2) is 8.00. The van der Waals surface area contributed by atoms with Crippen molar-refractivity contribution in [3.8, 4) is 5.75 Å². The van der Waals surface area contributed by atoms with Gasteiger partial charge in [0.25, 0.3) is 5.91 Å². The van der Waals surface area contributed by atoms with E-state index in [2.05, 4.69) is 5.32 Å². The summed E-state index contributed by atoms with van der Waals surface area (Å²) in [4.78, 5) is 13.5. The van der Waals surface area contributed by atoms with E-state index in [0.29, 0.717) is 12.1 Å². The molecule has 116 valence electrons. The molecule has 5 nitrogen and oxygen atoms in total. The molecule has 1 saturated heterocycles. The molecule has 1 aliphatic rings. The highest BCUT2D eigenvalue weighted by atomic mass is 16.5. The molecule has 1 fully saturated rings. The normalized spacial score (nSPS) is 16.0. The minimum absolute atomic E-state index is 0.0289. The van der Waals surface area contributed by atoms with Crippen molar-refractivity contribution < 1.29 is 19.2 Å². The van der Waals surface area contributed by atoms with E-state index in [9.17, 15) is 4.79 Å². The van der Waals surface area contributed by atoms with Gasteiger partial charge in [-0.3, -0.25) is 4.79 Å². The highest BCUT2D eigenvalue weighted by molar-refractivity contribution is 5.94. The molecule has 0 aromatic heterocycles. The lowest BCUT2D eigenvalue weighted by molar-refractivity contribution is -0.906. The number of rotatable bonds is 6. The van der Waals surface area contributed by atoms with Crippen LogP contribution >= 0.6 is 0 Å². The number of hydrogen-bond acceptors (Lipinski definition) is 3. The van der Waals surface area contributed by atoms with E-state index in [1.807, 2.05) is 26.0 Å². The number of ether oxygens (including phenoxy) is 2. The number of nitrogens with one attached hydrogen (secondary N) is 2. The summed E-state index contributed by atoms with van der Waals surface area (Å²) < 4.78 is 10.9. The van der Waals surface area contributed by atoms with E-state index >= 15 is 0 Å². The molecule has 0 unspecified atom stereocenters. The Morgan fingerprint density at radius 2 is 1.95 bits per heavy atom. The Bertz CT molecular complexity index is 439. The van der Waals surface area contributed by atoms with Gasteiger partial charge in [0, 0.05) is 5.56 Å². The van der Waals surface area contributed by atoms with Gasteiger partial charge in [-0.15, -0.1) is 0 Å². The number of benzene rings is 1. The van der Waals surface area contributed by atoms with E-state index in [-0.39, 0.29) is 12.0 Å². The number of hydrogen-bond donors (Lipinski definition) is 2. The van der Waals surface area contributed by atoms with Crippen molar-refractivity contribution >= 4 is 5.91 Å². The molecule has 1 amide bonds. The Balaban J connectivity index is 1.74. The van der Waals surface area contributed by atoms with Crippen molar-refractivity contribution in [2.24, 2.45) is 0 Å². The molecule has 0 radical (unpaired) electrons. The Hall–Kier alpha value is -1.59. The fourth-order valence-electron chi connectivity index (χ4n) is 2.32. The second-order valence-electron chi connectivity index (χ2n) is 5.56. The summed E-state index contributed by atoms with van der Waals surface area (Å²) in [5, 5.41) is 2.97. The van der Waals surface area contributed by atoms with E-state index in [1.165, 1.54) is 4.90 Å². The summed E-state index contributed by atoms with van der Waals surface area (Å²) >= 11 is 0. The van der Waals surface area contributed by atoms with Crippen molar-refractivity contribution in [2.75, 3.05) is 39.4 Å². The second-order valence-corrected chi connectivity index (χ2v) is 5.56. The van der Waals surface area contributed by atoms with Crippen LogP contribution in [0.25, 0.3) is 0 Å². The lowest BCUT2D eigenvalue weighted by Crippen LogP contribution is -3.14. The van der Waals surface area contributed by atoms with Crippen LogP contribution in [0.4, 0.5) is 0 Å². The van der Waals surface area contributed by atoms with E-state index < -0.39 is 0 Å². The van der Waals surface area contributed by atoms with Crippen molar-refractivity contribution in [3.05, 3.63) is 29.8 Å². The van der Waals surface area contributed by atoms with Crippen LogP contribution in [0.1, 0.15) is 24.2 Å². The molecule has 0 aliphatic carbocycles. The number of carbonyl (C=O) groups excluding carboxylic acids is 1. The highest BCUT2D eigenvalue weighted by Gasteiger charge is 2.13. The van der Waals surface area contributed by atoms with Crippen LogP contribution in [0.2, 0.25) is 0 Å². The fraction of sp³-hybridized carbons (Fsp3) is 0.562. The molecule has 2 N–H and O–H groups in total. The third-order valence-electron chi connectivity index (χ3n) is 3.45. The monoisotopic (exact) mass is 293 g/mol. The van der Waals surface area contributed by atoms with Gasteiger partial charge in [-0.05, 0) is 38.1 Å². The molecule has 1 aromatic rings. The van der Waals surface area contributed by atoms with Crippen molar-refractivity contribution in [3.63, 3.8) is 0 Å². The quantitative estimate of drug-likeness (QED) is 0.783. The molecule has 0 atom stereocenters. The van der Waals surface area contributed by atoms with Crippen molar-refractivity contribution in [2.45, 2.75) is 20.0 Å². The zero-order valence-electron chi connectivity index (χ0n) is 12.9. The lowest BCUT2D eigenvalue weighted by atomic mass is 10.2. The zero-order chi connectivity index (χ0) is 15.1. The molecule has 1 aromatic carbocycles. The first kappa shape index (κ1) is 15.8. The summed E-state index contributed by atoms with van der Waals surface area (Å²) in [6.07, 6.45) is 0.140. The predicted octanol–water partition coefficient (Wildman–Crippen LogP) is 0.119. The first-order valence-corrected chi connectivity index (χ1v) is 7.61. The Labute approximate surface area is 126 Å². The third-order valence-corrected chi connectivity index (χ3v) is 3.45. The van der Waals surface area contributed by atoms with E-state index in [0.717, 1.165) is 38.6 Å². The molecule has 21 heavy (non-hydrogen) atoms. The SMILES string of the molecule is CC(C)Oc1ccc(C(=O)NCC[NH+]2CCOCC2)cc1. The van der Waals surface area contributed by atoms with Crippen molar-refractivity contribution in [1.29, 1.82) is 0 Å². The van der Waals surface area contributed by atoms with Crippen LogP contribution < -0.4 is 15.0 Å². The Morgan fingerprint density at radius 1 is 1.29 bits per heavy atom. The van der Waals surface area contributed by atoms with Gasteiger partial charge in [0.05, 0.1) is 32.4 Å². The first-order chi connectivity index (χ1) is 10.1. The van der Waals surface area contributed by atoms with Gasteiger partial charge < -0.3 is 19.7 Å². The standard InChI is InChI=1S/C16H24N2O3/c1-13(2)21-15-5-3-14(4-6-15)16(19)17-7-8-18-9-11-20-12-10-18/h3-6,13H,7-12H2,1-2H3,(H,17,19)/p+1. The van der Waals surface area contributed by atoms with Crippen molar-refractivity contribution in [1.82, 2.24) is 5.32 Å². The Kier molecular flexibility index (Phi) is 6.02. The predicted molar refractivity (Wildman–Crippen MR) is 80.9 cm³/mol. The number of amides is 1. The number of carbonyl (C=O) groups is 1. The maximum absolute atomic E-state index is 12.0. The Morgan fingerprint density at radius 3 is 2.57 bits per heavy atom. The summed E-state index contributed by atoms with van der Waals surface area (Å²) in [6, 6.07) is 7.27. The van der Waals surface area contributed by atoms with Crippen LogP contribution in [0, 0.1) is 0 Å². The summed E-state index contributed by atoms with van der Waals surface area (Å²) in [6.45, 7) is 9.29. The van der Waals surface area contributed by atoms with Gasteiger partial charge in [-0.1, -0.05) is 0 Å². The summed E-state index contributed by atoms with van der Waals surface area (Å²) in [5.74, 6) is 0.762. The summed E-state index contributed by atoms with van der Waals surface area (Å²) in [5.41, 5.74) is 0.670.